The van der Waals surface area contributed by atoms with E-state index in [1.165, 1.54) is 0 Å². The van der Waals surface area contributed by atoms with E-state index >= 15 is 0 Å². The van der Waals surface area contributed by atoms with Gasteiger partial charge < -0.3 is 9.64 Å². The van der Waals surface area contributed by atoms with Crippen LogP contribution in [0.5, 0.6) is 0 Å². The number of ether oxygens (including phenoxy) is 1. The lowest BCUT2D eigenvalue weighted by Gasteiger charge is -2.35. The van der Waals surface area contributed by atoms with Crippen LogP contribution in [0.15, 0.2) is 36.0 Å². The number of rotatable bonds is 5. The average molecular weight is 400 g/mol. The molecule has 10 heteroatoms. The summed E-state index contributed by atoms with van der Waals surface area (Å²) < 4.78 is 78.6. The van der Waals surface area contributed by atoms with Gasteiger partial charge >= 0.3 is 18.4 Å². The molecule has 0 N–H and O–H groups in total. The number of halogens is 6. The molecule has 1 amide bonds. The van der Waals surface area contributed by atoms with Crippen LogP contribution in [0.1, 0.15) is 13.8 Å². The fourth-order valence-electron chi connectivity index (χ4n) is 2.44. The van der Waals surface area contributed by atoms with E-state index in [0.29, 0.717) is 19.6 Å². The summed E-state index contributed by atoms with van der Waals surface area (Å²) >= 11 is 0. The molecule has 1 saturated heterocycles. The van der Waals surface area contributed by atoms with E-state index in [2.05, 4.69) is 4.74 Å². The molecule has 27 heavy (non-hydrogen) atoms. The van der Waals surface area contributed by atoms with Gasteiger partial charge in [-0.3, -0.25) is 4.90 Å². The van der Waals surface area contributed by atoms with Crippen molar-refractivity contribution < 1.29 is 35.9 Å². The van der Waals surface area contributed by atoms with Crippen molar-refractivity contribution in [2.45, 2.75) is 32.3 Å². The van der Waals surface area contributed by atoms with E-state index in [0.717, 1.165) is 10.5 Å². The first-order chi connectivity index (χ1) is 12.5. The summed E-state index contributed by atoms with van der Waals surface area (Å²) in [7, 11) is 0. The Labute approximate surface area is 153 Å². The summed E-state index contributed by atoms with van der Waals surface area (Å²) in [6, 6.07) is 0. The Bertz CT molecular complexity index is 559. The van der Waals surface area contributed by atoms with E-state index in [4.69, 9.17) is 0 Å². The molecule has 0 spiro atoms. The maximum Gasteiger partial charge on any atom is 0.434 e. The smallest absolute Gasteiger partial charge is 0.426 e. The molecule has 0 aromatic heterocycles. The van der Waals surface area contributed by atoms with Crippen LogP contribution in [0.4, 0.5) is 31.1 Å². The second kappa shape index (κ2) is 9.82. The van der Waals surface area contributed by atoms with Crippen molar-refractivity contribution >= 4 is 6.09 Å². The summed E-state index contributed by atoms with van der Waals surface area (Å²) in [4.78, 5) is 14.5. The summed E-state index contributed by atoms with van der Waals surface area (Å²) in [6.45, 7) is 4.84. The molecule has 0 unspecified atom stereocenters. The van der Waals surface area contributed by atoms with Crippen LogP contribution in [-0.2, 0) is 4.74 Å². The number of piperazine rings is 1. The zero-order valence-corrected chi connectivity index (χ0v) is 15.0. The maximum absolute atomic E-state index is 12.5. The lowest BCUT2D eigenvalue weighted by molar-refractivity contribution is -0.308. The third-order valence-electron chi connectivity index (χ3n) is 3.73. The van der Waals surface area contributed by atoms with Crippen molar-refractivity contribution in [2.24, 2.45) is 0 Å². The monoisotopic (exact) mass is 400 g/mol. The molecule has 1 aliphatic rings. The van der Waals surface area contributed by atoms with Gasteiger partial charge in [0.05, 0.1) is 0 Å². The van der Waals surface area contributed by atoms with Crippen molar-refractivity contribution in [3.05, 3.63) is 36.0 Å². The molecular weight excluding hydrogens is 378 g/mol. The van der Waals surface area contributed by atoms with E-state index in [1.807, 2.05) is 49.1 Å². The lowest BCUT2D eigenvalue weighted by atomic mass is 10.2. The van der Waals surface area contributed by atoms with E-state index < -0.39 is 24.5 Å². The highest BCUT2D eigenvalue weighted by Crippen LogP contribution is 2.36. The van der Waals surface area contributed by atoms with E-state index in [9.17, 15) is 31.1 Å². The first-order valence-corrected chi connectivity index (χ1v) is 8.25. The molecule has 1 heterocycles. The van der Waals surface area contributed by atoms with Crippen LogP contribution in [0.2, 0.25) is 0 Å². The Hall–Kier alpha value is -1.97. The van der Waals surface area contributed by atoms with Gasteiger partial charge in [0, 0.05) is 32.7 Å². The Morgan fingerprint density at radius 2 is 1.56 bits per heavy atom. The van der Waals surface area contributed by atoms with Crippen LogP contribution in [-0.4, -0.2) is 67.1 Å². The Balaban J connectivity index is 2.64. The molecule has 0 saturated carbocycles. The third-order valence-corrected chi connectivity index (χ3v) is 3.73. The Morgan fingerprint density at radius 1 is 1.00 bits per heavy atom. The molecule has 0 radical (unpaired) electrons. The molecule has 0 bridgehead atoms. The number of allylic oxidation sites excluding steroid dienone is 4. The molecule has 0 aromatic rings. The van der Waals surface area contributed by atoms with Crippen LogP contribution < -0.4 is 0 Å². The van der Waals surface area contributed by atoms with Gasteiger partial charge in [-0.05, 0) is 19.4 Å². The fraction of sp³-hybridized carbons (Fsp3) is 0.588. The number of nitrogens with zero attached hydrogens (tertiary/aromatic N) is 2. The predicted molar refractivity (Wildman–Crippen MR) is 88.1 cm³/mol. The van der Waals surface area contributed by atoms with Crippen LogP contribution in [0.25, 0.3) is 0 Å². The molecule has 0 aromatic carbocycles. The van der Waals surface area contributed by atoms with Gasteiger partial charge in [-0.25, -0.2) is 4.79 Å². The van der Waals surface area contributed by atoms with Crippen molar-refractivity contribution in [2.75, 3.05) is 32.7 Å². The first-order valence-electron chi connectivity index (χ1n) is 8.25. The summed E-state index contributed by atoms with van der Waals surface area (Å²) in [6.07, 6.45) is -7.80. The first kappa shape index (κ1) is 23.1. The fourth-order valence-corrected chi connectivity index (χ4v) is 2.44. The van der Waals surface area contributed by atoms with Gasteiger partial charge in [-0.2, -0.15) is 26.3 Å². The summed E-state index contributed by atoms with van der Waals surface area (Å²) in [5.74, 6) is 0. The topological polar surface area (TPSA) is 32.8 Å². The van der Waals surface area contributed by atoms with Crippen LogP contribution >= 0.6 is 0 Å². The minimum Gasteiger partial charge on any atom is -0.426 e. The van der Waals surface area contributed by atoms with Gasteiger partial charge in [0.1, 0.15) is 0 Å². The standard InChI is InChI=1S/C17H22F6N2O2/c1-3-5-7-13(6-4-2)12-24-8-10-25(11-9-24)15(26)27-14(16(18,19)20)17(21,22)23/h3-7,14H,8-12H2,1-2H3/b5-3-,6-4-,13-7+. The highest BCUT2D eigenvalue weighted by atomic mass is 19.4. The number of carbonyl (C=O) groups excluding carboxylic acids is 1. The molecule has 1 fully saturated rings. The number of hydrogen-bond acceptors (Lipinski definition) is 3. The number of amides is 1. The lowest BCUT2D eigenvalue weighted by Crippen LogP contribution is -2.52. The van der Waals surface area contributed by atoms with Gasteiger partial charge in [-0.1, -0.05) is 30.4 Å². The van der Waals surface area contributed by atoms with Crippen molar-refractivity contribution in [3.63, 3.8) is 0 Å². The zero-order chi connectivity index (χ0) is 20.7. The largest absolute Gasteiger partial charge is 0.434 e. The zero-order valence-electron chi connectivity index (χ0n) is 15.0. The van der Waals surface area contributed by atoms with Crippen molar-refractivity contribution in [3.8, 4) is 0 Å². The van der Waals surface area contributed by atoms with Gasteiger partial charge in [0.15, 0.2) is 0 Å². The Morgan fingerprint density at radius 3 is 2.00 bits per heavy atom. The van der Waals surface area contributed by atoms with E-state index in [-0.39, 0.29) is 13.1 Å². The number of alkyl halides is 6. The minimum absolute atomic E-state index is 0.0198. The molecule has 0 atom stereocenters. The molecule has 4 nitrogen and oxygen atoms in total. The van der Waals surface area contributed by atoms with E-state index in [1.54, 1.807) is 0 Å². The van der Waals surface area contributed by atoms with Crippen molar-refractivity contribution in [1.29, 1.82) is 0 Å². The molecular formula is C17H22F6N2O2. The quantitative estimate of drug-likeness (QED) is 0.509. The Kier molecular flexibility index (Phi) is 8.39. The second-order valence-corrected chi connectivity index (χ2v) is 5.88. The summed E-state index contributed by atoms with van der Waals surface area (Å²) in [5, 5.41) is 0. The normalized spacial score (nSPS) is 18.1. The highest BCUT2D eigenvalue weighted by molar-refractivity contribution is 5.68. The minimum atomic E-state index is -5.71. The van der Waals surface area contributed by atoms with Crippen LogP contribution in [0, 0.1) is 0 Å². The SMILES string of the molecule is C\C=C/C=C(\C=C/C)CN1CCN(C(=O)OC(C(F)(F)F)C(F)(F)F)CC1. The third kappa shape index (κ3) is 7.66. The van der Waals surface area contributed by atoms with Crippen molar-refractivity contribution in [1.82, 2.24) is 9.80 Å². The maximum atomic E-state index is 12.5. The molecule has 1 rings (SSSR count). The second-order valence-electron chi connectivity index (χ2n) is 5.88. The number of carbonyl (C=O) groups is 1. The predicted octanol–water partition coefficient (Wildman–Crippen LogP) is 4.31. The average Bonchev–Trinajstić information content (AvgIpc) is 2.56. The summed E-state index contributed by atoms with van der Waals surface area (Å²) in [5.41, 5.74) is 0.987. The van der Waals surface area contributed by atoms with Crippen LogP contribution in [0.3, 0.4) is 0 Å². The molecule has 1 aliphatic heterocycles. The molecule has 154 valence electrons. The highest BCUT2D eigenvalue weighted by Gasteiger charge is 2.60. The van der Waals surface area contributed by atoms with Gasteiger partial charge in [-0.15, -0.1) is 0 Å². The number of hydrogen-bond donors (Lipinski definition) is 0. The van der Waals surface area contributed by atoms with Gasteiger partial charge in [0.25, 0.3) is 6.10 Å². The molecule has 0 aliphatic carbocycles. The van der Waals surface area contributed by atoms with Gasteiger partial charge in [0.2, 0.25) is 0 Å².